The molecule has 2 nitrogen and oxygen atoms in total. The summed E-state index contributed by atoms with van der Waals surface area (Å²) in [5, 5.41) is 20.4. The van der Waals surface area contributed by atoms with E-state index in [9.17, 15) is 10.2 Å². The van der Waals surface area contributed by atoms with Gasteiger partial charge < -0.3 is 10.2 Å². The van der Waals surface area contributed by atoms with Gasteiger partial charge in [-0.25, -0.2) is 0 Å². The van der Waals surface area contributed by atoms with Crippen molar-refractivity contribution in [1.29, 1.82) is 0 Å². The van der Waals surface area contributed by atoms with Crippen LogP contribution >= 0.6 is 69.6 Å². The fraction of sp³-hybridized carbons (Fsp3) is 0.167. The van der Waals surface area contributed by atoms with Crippen molar-refractivity contribution < 1.29 is 10.2 Å². The molecule has 0 heterocycles. The Morgan fingerprint density at radius 1 is 0.950 bits per heavy atom. The Kier molecular flexibility index (Phi) is 4.90. The van der Waals surface area contributed by atoms with Crippen molar-refractivity contribution in [2.75, 3.05) is 0 Å². The third-order valence-corrected chi connectivity index (χ3v) is 5.68. The molecular weight excluding hydrogens is 389 g/mol. The van der Waals surface area contributed by atoms with Crippen LogP contribution in [0.25, 0.3) is 0 Å². The van der Waals surface area contributed by atoms with E-state index in [-0.39, 0.29) is 35.7 Å². The van der Waals surface area contributed by atoms with Crippen LogP contribution in [0.5, 0.6) is 0 Å². The van der Waals surface area contributed by atoms with E-state index in [4.69, 9.17) is 69.6 Å². The van der Waals surface area contributed by atoms with Gasteiger partial charge >= 0.3 is 0 Å². The number of benzene rings is 1. The van der Waals surface area contributed by atoms with E-state index in [0.717, 1.165) is 0 Å². The molecule has 108 valence electrons. The minimum Gasteiger partial charge on any atom is -0.384 e. The fourth-order valence-electron chi connectivity index (χ4n) is 1.86. The summed E-state index contributed by atoms with van der Waals surface area (Å²) in [4.78, 5) is 0. The molecular formula is C12H6Cl6O2. The zero-order chi connectivity index (χ0) is 15.2. The molecule has 1 aromatic carbocycles. The van der Waals surface area contributed by atoms with E-state index in [2.05, 4.69) is 0 Å². The summed E-state index contributed by atoms with van der Waals surface area (Å²) in [5.41, 5.74) is -2.06. The maximum absolute atomic E-state index is 10.8. The Bertz CT molecular complexity index is 639. The fourth-order valence-corrected chi connectivity index (χ4v) is 3.39. The molecule has 0 spiro atoms. The van der Waals surface area contributed by atoms with Gasteiger partial charge in [0.1, 0.15) is 6.10 Å². The number of allylic oxidation sites excluding steroid dienone is 2. The molecule has 1 aliphatic rings. The molecule has 20 heavy (non-hydrogen) atoms. The van der Waals surface area contributed by atoms with E-state index < -0.39 is 11.7 Å². The normalized spacial score (nSPS) is 27.3. The van der Waals surface area contributed by atoms with Crippen molar-refractivity contribution >= 4 is 69.6 Å². The smallest absolute Gasteiger partial charge is 0.159 e. The Hall–Kier alpha value is 0.360. The van der Waals surface area contributed by atoms with Crippen molar-refractivity contribution in [1.82, 2.24) is 0 Å². The Balaban J connectivity index is 2.75. The highest BCUT2D eigenvalue weighted by atomic mass is 35.5. The van der Waals surface area contributed by atoms with E-state index in [1.54, 1.807) is 6.07 Å². The lowest BCUT2D eigenvalue weighted by molar-refractivity contribution is -0.0261. The number of hydrogen-bond acceptors (Lipinski definition) is 2. The van der Waals surface area contributed by atoms with Gasteiger partial charge in [-0.3, -0.25) is 0 Å². The third-order valence-electron chi connectivity index (χ3n) is 2.93. The lowest BCUT2D eigenvalue weighted by Crippen LogP contribution is -2.43. The topological polar surface area (TPSA) is 40.5 Å². The Labute approximate surface area is 145 Å². The van der Waals surface area contributed by atoms with Gasteiger partial charge in [0.05, 0.1) is 30.2 Å². The SMILES string of the molecule is OC1C(Cl)=C(Cl)C(Cl)=C(Cl)C1(O)c1cccc(Cl)c1Cl. The first kappa shape index (κ1) is 16.7. The molecule has 1 aliphatic carbocycles. The van der Waals surface area contributed by atoms with Gasteiger partial charge in [0.25, 0.3) is 0 Å². The lowest BCUT2D eigenvalue weighted by atomic mass is 9.84. The van der Waals surface area contributed by atoms with Gasteiger partial charge in [0.15, 0.2) is 5.60 Å². The highest BCUT2D eigenvalue weighted by Crippen LogP contribution is 2.51. The third kappa shape index (κ3) is 2.37. The van der Waals surface area contributed by atoms with Crippen molar-refractivity contribution in [3.8, 4) is 0 Å². The van der Waals surface area contributed by atoms with Gasteiger partial charge in [0, 0.05) is 5.56 Å². The van der Waals surface area contributed by atoms with Gasteiger partial charge in [-0.15, -0.1) is 0 Å². The number of aliphatic hydroxyl groups is 2. The number of halogens is 6. The molecule has 2 atom stereocenters. The van der Waals surface area contributed by atoms with E-state index in [0.29, 0.717) is 0 Å². The first-order chi connectivity index (χ1) is 9.22. The first-order valence-electron chi connectivity index (χ1n) is 5.19. The molecule has 0 bridgehead atoms. The first-order valence-corrected chi connectivity index (χ1v) is 7.45. The second-order valence-electron chi connectivity index (χ2n) is 4.06. The quantitative estimate of drug-likeness (QED) is 0.708. The van der Waals surface area contributed by atoms with Crippen LogP contribution in [0.15, 0.2) is 38.3 Å². The standard InChI is InChI=1S/C12H6Cl6O2/c13-5-3-1-2-4(6(5)14)12(20)10(18)8(16)7(15)9(17)11(12)19/h1-3,11,19-20H. The number of aliphatic hydroxyl groups excluding tert-OH is 1. The minimum atomic E-state index is -2.13. The van der Waals surface area contributed by atoms with Crippen LogP contribution in [-0.4, -0.2) is 16.3 Å². The lowest BCUT2D eigenvalue weighted by Gasteiger charge is -2.37. The molecule has 0 amide bonds. The zero-order valence-corrected chi connectivity index (χ0v) is 14.0. The average molecular weight is 395 g/mol. The summed E-state index contributed by atoms with van der Waals surface area (Å²) in [6, 6.07) is 4.52. The second-order valence-corrected chi connectivity index (χ2v) is 6.39. The van der Waals surface area contributed by atoms with E-state index in [1.807, 2.05) is 0 Å². The highest BCUT2D eigenvalue weighted by molar-refractivity contribution is 6.52. The van der Waals surface area contributed by atoms with Crippen molar-refractivity contribution in [3.63, 3.8) is 0 Å². The number of rotatable bonds is 1. The van der Waals surface area contributed by atoms with Gasteiger partial charge in [0.2, 0.25) is 0 Å². The molecule has 0 aromatic heterocycles. The summed E-state index contributed by atoms with van der Waals surface area (Å²) in [6.07, 6.45) is -1.62. The van der Waals surface area contributed by atoms with Crippen LogP contribution in [-0.2, 0) is 5.60 Å². The summed E-state index contributed by atoms with van der Waals surface area (Å²) < 4.78 is 0. The van der Waals surface area contributed by atoms with Crippen LogP contribution in [0.4, 0.5) is 0 Å². The maximum Gasteiger partial charge on any atom is 0.159 e. The van der Waals surface area contributed by atoms with Crippen LogP contribution in [0.3, 0.4) is 0 Å². The van der Waals surface area contributed by atoms with E-state index in [1.165, 1.54) is 12.1 Å². The molecule has 1 aromatic rings. The van der Waals surface area contributed by atoms with Crippen molar-refractivity contribution in [2.45, 2.75) is 11.7 Å². The minimum absolute atomic E-state index is 0.0285. The molecule has 0 aliphatic heterocycles. The van der Waals surface area contributed by atoms with Crippen LogP contribution < -0.4 is 0 Å². The Morgan fingerprint density at radius 2 is 1.55 bits per heavy atom. The van der Waals surface area contributed by atoms with Crippen LogP contribution in [0.1, 0.15) is 5.56 Å². The Morgan fingerprint density at radius 3 is 2.15 bits per heavy atom. The monoisotopic (exact) mass is 392 g/mol. The van der Waals surface area contributed by atoms with Crippen LogP contribution in [0.2, 0.25) is 10.0 Å². The second kappa shape index (κ2) is 5.86. The highest BCUT2D eigenvalue weighted by Gasteiger charge is 2.49. The molecule has 0 saturated heterocycles. The molecule has 8 heteroatoms. The summed E-state index contributed by atoms with van der Waals surface area (Å²) >= 11 is 35.7. The average Bonchev–Trinajstić information content (AvgIpc) is 2.44. The van der Waals surface area contributed by atoms with E-state index >= 15 is 0 Å². The molecule has 2 unspecified atom stereocenters. The summed E-state index contributed by atoms with van der Waals surface area (Å²) in [6.45, 7) is 0. The van der Waals surface area contributed by atoms with Crippen molar-refractivity contribution in [2.24, 2.45) is 0 Å². The van der Waals surface area contributed by atoms with Gasteiger partial charge in [-0.05, 0) is 6.07 Å². The summed E-state index contributed by atoms with van der Waals surface area (Å²) in [5.74, 6) is 0. The maximum atomic E-state index is 10.8. The molecule has 0 fully saturated rings. The molecule has 2 rings (SSSR count). The zero-order valence-electron chi connectivity index (χ0n) is 9.47. The van der Waals surface area contributed by atoms with Gasteiger partial charge in [-0.1, -0.05) is 81.7 Å². The predicted molar refractivity (Wildman–Crippen MR) is 83.8 cm³/mol. The van der Waals surface area contributed by atoms with Crippen molar-refractivity contribution in [3.05, 3.63) is 53.9 Å². The van der Waals surface area contributed by atoms with Crippen LogP contribution in [0, 0.1) is 0 Å². The van der Waals surface area contributed by atoms with Gasteiger partial charge in [-0.2, -0.15) is 0 Å². The predicted octanol–water partition coefficient (Wildman–Crippen LogP) is 4.93. The molecule has 0 saturated carbocycles. The molecule has 2 N–H and O–H groups in total. The summed E-state index contributed by atoms with van der Waals surface area (Å²) in [7, 11) is 0. The molecule has 0 radical (unpaired) electrons. The largest absolute Gasteiger partial charge is 0.384 e. The number of hydrogen-bond donors (Lipinski definition) is 2.